The fourth-order valence-electron chi connectivity index (χ4n) is 12.6. The number of unbranched alkanes of at least 4 members (excludes halogenated alkanes) is 44. The Balaban J connectivity index is 3.99. The largest absolute Gasteiger partial charge is 0.756 e. The Morgan fingerprint density at radius 3 is 0.802 bits per heavy atom. The van der Waals surface area contributed by atoms with E-state index in [2.05, 4.69) is 160 Å². The number of hydrogen-bond donors (Lipinski definition) is 0. The molecule has 2 atom stereocenters. The summed E-state index contributed by atoms with van der Waals surface area (Å²) in [6.07, 6.45) is 126. The van der Waals surface area contributed by atoms with Gasteiger partial charge in [-0.15, -0.1) is 0 Å². The van der Waals surface area contributed by atoms with Crippen LogP contribution in [0.15, 0.2) is 146 Å². The number of nitrogens with zero attached hydrogens (tertiary/aromatic N) is 1. The zero-order chi connectivity index (χ0) is 76.8. The molecule has 0 aromatic heterocycles. The third-order valence-corrected chi connectivity index (χ3v) is 20.3. The summed E-state index contributed by atoms with van der Waals surface area (Å²) < 4.78 is 34.4. The van der Waals surface area contributed by atoms with Gasteiger partial charge >= 0.3 is 11.9 Å². The van der Waals surface area contributed by atoms with Crippen LogP contribution in [-0.2, 0) is 32.7 Å². The molecule has 0 N–H and O–H groups in total. The van der Waals surface area contributed by atoms with Crippen LogP contribution in [0, 0.1) is 0 Å². The molecule has 0 saturated carbocycles. The highest BCUT2D eigenvalue weighted by Gasteiger charge is 2.22. The van der Waals surface area contributed by atoms with Gasteiger partial charge in [0.2, 0.25) is 0 Å². The van der Waals surface area contributed by atoms with Crippen LogP contribution in [0.3, 0.4) is 0 Å². The molecule has 106 heavy (non-hydrogen) atoms. The van der Waals surface area contributed by atoms with E-state index in [-0.39, 0.29) is 32.0 Å². The van der Waals surface area contributed by atoms with E-state index in [1.807, 2.05) is 21.1 Å². The summed E-state index contributed by atoms with van der Waals surface area (Å²) in [5.41, 5.74) is 0. The van der Waals surface area contributed by atoms with Gasteiger partial charge < -0.3 is 27.9 Å². The maximum absolute atomic E-state index is 12.9. The Bertz CT molecular complexity index is 2310. The van der Waals surface area contributed by atoms with E-state index < -0.39 is 26.5 Å². The molecule has 0 aromatic carbocycles. The zero-order valence-corrected chi connectivity index (χ0v) is 70.7. The molecule has 0 spiro atoms. The van der Waals surface area contributed by atoms with Crippen LogP contribution in [0.4, 0.5) is 0 Å². The summed E-state index contributed by atoms with van der Waals surface area (Å²) in [4.78, 5) is 38.2. The minimum atomic E-state index is -4.66. The number of phosphoric ester groups is 1. The highest BCUT2D eigenvalue weighted by Crippen LogP contribution is 2.38. The van der Waals surface area contributed by atoms with Crippen LogP contribution in [-0.4, -0.2) is 70.0 Å². The normalized spacial score (nSPS) is 13.7. The van der Waals surface area contributed by atoms with Crippen molar-refractivity contribution in [2.75, 3.05) is 47.5 Å². The summed E-state index contributed by atoms with van der Waals surface area (Å²) in [5.74, 6) is -0.857. The lowest BCUT2D eigenvalue weighted by atomic mass is 10.0. The van der Waals surface area contributed by atoms with Crippen LogP contribution >= 0.6 is 7.82 Å². The second-order valence-electron chi connectivity index (χ2n) is 30.9. The maximum atomic E-state index is 12.9. The fourth-order valence-corrected chi connectivity index (χ4v) is 13.4. The Morgan fingerprint density at radius 2 is 0.538 bits per heavy atom. The first-order valence-corrected chi connectivity index (χ1v) is 46.0. The minimum absolute atomic E-state index is 0.0416. The van der Waals surface area contributed by atoms with Crippen molar-refractivity contribution in [2.24, 2.45) is 0 Å². The number of ether oxygens (including phenoxy) is 2. The number of hydrogen-bond acceptors (Lipinski definition) is 8. The van der Waals surface area contributed by atoms with Crippen LogP contribution in [0.1, 0.15) is 399 Å². The number of carbonyl (C=O) groups excluding carboxylic acids is 2. The number of likely N-dealkylation sites (N-methyl/N-ethyl adjacent to an activating group) is 1. The van der Waals surface area contributed by atoms with Crippen LogP contribution < -0.4 is 4.89 Å². The molecule has 0 aliphatic carbocycles. The summed E-state index contributed by atoms with van der Waals surface area (Å²) >= 11 is 0. The molecule has 610 valence electrons. The fraction of sp³-hybridized carbons (Fsp3) is 0.729. The topological polar surface area (TPSA) is 111 Å². The van der Waals surface area contributed by atoms with Gasteiger partial charge in [0.05, 0.1) is 27.7 Å². The number of phosphoric acid groups is 1. The number of quaternary nitrogens is 1. The van der Waals surface area contributed by atoms with Gasteiger partial charge in [-0.2, -0.15) is 0 Å². The lowest BCUT2D eigenvalue weighted by molar-refractivity contribution is -0.870. The maximum Gasteiger partial charge on any atom is 0.306 e. The van der Waals surface area contributed by atoms with Crippen molar-refractivity contribution in [3.63, 3.8) is 0 Å². The Kier molecular flexibility index (Phi) is 81.6. The van der Waals surface area contributed by atoms with E-state index in [9.17, 15) is 19.0 Å². The van der Waals surface area contributed by atoms with Gasteiger partial charge in [-0.25, -0.2) is 0 Å². The number of carbonyl (C=O) groups is 2. The molecule has 0 aliphatic rings. The molecule has 0 amide bonds. The second-order valence-corrected chi connectivity index (χ2v) is 32.3. The van der Waals surface area contributed by atoms with Gasteiger partial charge in [0.25, 0.3) is 7.82 Å². The standard InChI is InChI=1S/C96H168NO8P/c1-6-8-10-12-14-16-18-20-22-24-26-28-30-32-34-36-38-40-42-44-46-48-50-52-54-56-58-60-62-64-66-68-70-72-74-76-78-80-82-84-86-88-95(98)102-92-94(93-104-106(100,101)103-91-90-97(3,4)5)105-96(99)89-87-85-83-81-79-77-75-73-71-69-67-65-63-61-59-57-55-53-51-49-47-45-43-41-39-37-35-33-31-29-27-25-23-21-19-17-15-13-11-9-7-2/h9,11,15,17,21,23,27,29,33,35,39,41,45,47,51,53,57,59,63,65,69,71,75,77,94H,6-8,10,12-14,16,18-20,22,24-26,28,30-32,34,36-38,40,42-44,46,48-50,52,54-56,58,60-62,64,66-68,70,72-74,76,78-93H2,1-5H3/b11-9-,17-15-,23-21-,29-27-,35-33-,41-39-,47-45-,53-51-,59-57-,65-63-,71-69-,77-75-. The SMILES string of the molecule is CC/C=C\C/C=C\C/C=C\C/C=C\C/C=C\C/C=C\C/C=C\C/C=C\C/C=C\C/C=C\C/C=C\C/C=C\CCCCCCC(=O)OC(COC(=O)CCCCCCCCCCCCCCCCCCCCCCCCCCCCCCCCCCCCCCCCCCC)COP(=O)([O-])OCC[N+](C)(C)C. The predicted octanol–water partition coefficient (Wildman–Crippen LogP) is 29.8. The Morgan fingerprint density at radius 1 is 0.302 bits per heavy atom. The van der Waals surface area contributed by atoms with Crippen LogP contribution in [0.2, 0.25) is 0 Å². The highest BCUT2D eigenvalue weighted by molar-refractivity contribution is 7.45. The Labute approximate surface area is 656 Å². The number of rotatable bonds is 82. The summed E-state index contributed by atoms with van der Waals surface area (Å²) in [6, 6.07) is 0. The molecule has 0 rings (SSSR count). The second kappa shape index (κ2) is 84.9. The van der Waals surface area contributed by atoms with E-state index >= 15 is 0 Å². The van der Waals surface area contributed by atoms with Crippen molar-refractivity contribution in [2.45, 2.75) is 405 Å². The first-order chi connectivity index (χ1) is 52.0. The Hall–Kier alpha value is -4.11. The van der Waals surface area contributed by atoms with Crippen LogP contribution in [0.25, 0.3) is 0 Å². The van der Waals surface area contributed by atoms with Crippen LogP contribution in [0.5, 0.6) is 0 Å². The smallest absolute Gasteiger partial charge is 0.306 e. The van der Waals surface area contributed by atoms with Crippen molar-refractivity contribution in [1.29, 1.82) is 0 Å². The molecule has 2 unspecified atom stereocenters. The molecule has 0 bridgehead atoms. The molecule has 0 heterocycles. The molecule has 0 radical (unpaired) electrons. The third-order valence-electron chi connectivity index (χ3n) is 19.4. The molecule has 0 saturated heterocycles. The van der Waals surface area contributed by atoms with Crippen molar-refractivity contribution in [1.82, 2.24) is 0 Å². The predicted molar refractivity (Wildman–Crippen MR) is 461 cm³/mol. The lowest BCUT2D eigenvalue weighted by Crippen LogP contribution is -2.37. The lowest BCUT2D eigenvalue weighted by Gasteiger charge is -2.28. The van der Waals surface area contributed by atoms with Crippen molar-refractivity contribution in [3.05, 3.63) is 146 Å². The molecular weight excluding hydrogens is 1330 g/mol. The summed E-state index contributed by atoms with van der Waals surface area (Å²) in [5, 5.41) is 0. The van der Waals surface area contributed by atoms with Gasteiger partial charge in [0.1, 0.15) is 19.8 Å². The van der Waals surface area contributed by atoms with E-state index in [0.29, 0.717) is 17.4 Å². The van der Waals surface area contributed by atoms with Crippen molar-refractivity contribution < 1.29 is 42.1 Å². The van der Waals surface area contributed by atoms with Crippen molar-refractivity contribution in [3.8, 4) is 0 Å². The van der Waals surface area contributed by atoms with Crippen molar-refractivity contribution >= 4 is 19.8 Å². The first-order valence-electron chi connectivity index (χ1n) is 44.5. The van der Waals surface area contributed by atoms with Gasteiger partial charge in [-0.05, 0) is 103 Å². The molecule has 9 nitrogen and oxygen atoms in total. The molecule has 0 fully saturated rings. The quantitative estimate of drug-likeness (QED) is 0.0195. The van der Waals surface area contributed by atoms with Gasteiger partial charge in [-0.3, -0.25) is 14.2 Å². The van der Waals surface area contributed by atoms with E-state index in [4.69, 9.17) is 18.5 Å². The number of esters is 2. The molecular formula is C96H168NO8P. The van der Waals surface area contributed by atoms with E-state index in [1.165, 1.54) is 244 Å². The van der Waals surface area contributed by atoms with Gasteiger partial charge in [0.15, 0.2) is 6.10 Å². The van der Waals surface area contributed by atoms with Gasteiger partial charge in [-0.1, -0.05) is 429 Å². The summed E-state index contributed by atoms with van der Waals surface area (Å²) in [7, 11) is 1.14. The third kappa shape index (κ3) is 88.8. The zero-order valence-electron chi connectivity index (χ0n) is 69.8. The van der Waals surface area contributed by atoms with E-state index in [0.717, 1.165) is 122 Å². The molecule has 0 aromatic rings. The molecule has 0 aliphatic heterocycles. The average molecular weight is 1500 g/mol. The first kappa shape index (κ1) is 102. The number of allylic oxidation sites excluding steroid dienone is 24. The van der Waals surface area contributed by atoms with Gasteiger partial charge in [0, 0.05) is 12.8 Å². The monoisotopic (exact) mass is 1490 g/mol. The average Bonchev–Trinajstić information content (AvgIpc) is 0.908. The molecule has 10 heteroatoms. The summed E-state index contributed by atoms with van der Waals surface area (Å²) in [6.45, 7) is 4.13. The minimum Gasteiger partial charge on any atom is -0.756 e. The van der Waals surface area contributed by atoms with E-state index in [1.54, 1.807) is 0 Å². The highest BCUT2D eigenvalue weighted by atomic mass is 31.2.